The van der Waals surface area contributed by atoms with Crippen LogP contribution in [0.1, 0.15) is 25.5 Å². The van der Waals surface area contributed by atoms with Crippen LogP contribution >= 0.6 is 11.3 Å². The van der Waals surface area contributed by atoms with E-state index in [-0.39, 0.29) is 35.8 Å². The number of ether oxygens (including phenoxy) is 1. The van der Waals surface area contributed by atoms with Gasteiger partial charge in [-0.15, -0.1) is 11.3 Å². The van der Waals surface area contributed by atoms with E-state index in [0.29, 0.717) is 15.8 Å². The van der Waals surface area contributed by atoms with Crippen molar-refractivity contribution in [1.29, 1.82) is 0 Å². The first-order valence-corrected chi connectivity index (χ1v) is 11.4. The summed E-state index contributed by atoms with van der Waals surface area (Å²) < 4.78 is 19.8. The highest BCUT2D eigenvalue weighted by atomic mass is 32.1. The lowest BCUT2D eigenvalue weighted by Crippen LogP contribution is -2.36. The SMILES string of the molecule is COc1ccc(C(NC(=O)Cn2cnc3scc(-c4ccc(F)cc4)c3c2=O)C(C)C)cc1. The highest BCUT2D eigenvalue weighted by Gasteiger charge is 2.20. The summed E-state index contributed by atoms with van der Waals surface area (Å²) in [4.78, 5) is 31.0. The van der Waals surface area contributed by atoms with E-state index >= 15 is 0 Å². The van der Waals surface area contributed by atoms with Gasteiger partial charge in [-0.1, -0.05) is 38.1 Å². The van der Waals surface area contributed by atoms with Gasteiger partial charge in [0.25, 0.3) is 5.56 Å². The third-order valence-corrected chi connectivity index (χ3v) is 6.37. The van der Waals surface area contributed by atoms with E-state index in [1.807, 2.05) is 43.5 Å². The van der Waals surface area contributed by atoms with Gasteiger partial charge in [0.2, 0.25) is 5.91 Å². The first-order chi connectivity index (χ1) is 15.9. The van der Waals surface area contributed by atoms with Crippen molar-refractivity contribution in [3.05, 3.63) is 82.0 Å². The average Bonchev–Trinajstić information content (AvgIpc) is 3.25. The third kappa shape index (κ3) is 4.80. The molecule has 0 radical (unpaired) electrons. The van der Waals surface area contributed by atoms with Crippen LogP contribution in [0.3, 0.4) is 0 Å². The van der Waals surface area contributed by atoms with E-state index in [0.717, 1.165) is 16.9 Å². The molecule has 0 saturated carbocycles. The number of aromatic nitrogens is 2. The van der Waals surface area contributed by atoms with Crippen molar-refractivity contribution in [1.82, 2.24) is 14.9 Å². The number of rotatable bonds is 7. The zero-order chi connectivity index (χ0) is 23.5. The highest BCUT2D eigenvalue weighted by molar-refractivity contribution is 7.17. The van der Waals surface area contributed by atoms with Crippen molar-refractivity contribution in [2.24, 2.45) is 5.92 Å². The van der Waals surface area contributed by atoms with Crippen LogP contribution in [0.15, 0.2) is 65.0 Å². The molecule has 0 bridgehead atoms. The van der Waals surface area contributed by atoms with E-state index < -0.39 is 0 Å². The summed E-state index contributed by atoms with van der Waals surface area (Å²) in [5.41, 5.74) is 2.06. The Morgan fingerprint density at radius 2 is 1.85 bits per heavy atom. The quantitative estimate of drug-likeness (QED) is 0.426. The molecular formula is C25H24FN3O3S. The van der Waals surface area contributed by atoms with Crippen LogP contribution in [-0.2, 0) is 11.3 Å². The predicted molar refractivity (Wildman–Crippen MR) is 128 cm³/mol. The molecule has 4 aromatic rings. The molecule has 1 atom stereocenters. The number of hydrogen-bond acceptors (Lipinski definition) is 5. The van der Waals surface area contributed by atoms with E-state index in [1.165, 1.54) is 34.4 Å². The zero-order valence-electron chi connectivity index (χ0n) is 18.5. The van der Waals surface area contributed by atoms with Gasteiger partial charge in [-0.2, -0.15) is 0 Å². The van der Waals surface area contributed by atoms with E-state index in [1.54, 1.807) is 19.2 Å². The molecule has 1 unspecified atom stereocenters. The fraction of sp³-hybridized carbons (Fsp3) is 0.240. The number of halogens is 1. The Labute approximate surface area is 194 Å². The monoisotopic (exact) mass is 465 g/mol. The maximum atomic E-state index is 13.3. The van der Waals surface area contributed by atoms with Crippen LogP contribution in [0, 0.1) is 11.7 Å². The standard InChI is InChI=1S/C25H24FN3O3S/c1-15(2)23(17-6-10-19(32-3)11-7-17)28-21(30)12-29-14-27-24-22(25(29)31)20(13-33-24)16-4-8-18(26)9-5-16/h4-11,13-15,23H,12H2,1-3H3,(H,28,30). The Bertz CT molecular complexity index is 1330. The van der Waals surface area contributed by atoms with Crippen LogP contribution in [0.2, 0.25) is 0 Å². The molecule has 8 heteroatoms. The van der Waals surface area contributed by atoms with Crippen molar-refractivity contribution >= 4 is 27.5 Å². The molecule has 1 N–H and O–H groups in total. The second-order valence-corrected chi connectivity index (χ2v) is 8.93. The molecule has 1 amide bonds. The molecule has 0 fully saturated rings. The van der Waals surface area contributed by atoms with E-state index in [9.17, 15) is 14.0 Å². The van der Waals surface area contributed by atoms with Gasteiger partial charge in [-0.25, -0.2) is 9.37 Å². The number of benzene rings is 2. The molecule has 2 aromatic carbocycles. The van der Waals surface area contributed by atoms with Gasteiger partial charge >= 0.3 is 0 Å². The summed E-state index contributed by atoms with van der Waals surface area (Å²) >= 11 is 1.34. The van der Waals surface area contributed by atoms with Gasteiger partial charge in [0, 0.05) is 10.9 Å². The van der Waals surface area contributed by atoms with Gasteiger partial charge in [-0.05, 0) is 41.3 Å². The minimum atomic E-state index is -0.345. The molecule has 0 aliphatic carbocycles. The Kier molecular flexibility index (Phi) is 6.55. The molecular weight excluding hydrogens is 441 g/mol. The molecule has 0 aliphatic heterocycles. The second-order valence-electron chi connectivity index (χ2n) is 8.08. The van der Waals surface area contributed by atoms with Crippen LogP contribution in [-0.4, -0.2) is 22.6 Å². The maximum Gasteiger partial charge on any atom is 0.263 e. The smallest absolute Gasteiger partial charge is 0.263 e. The molecule has 33 heavy (non-hydrogen) atoms. The largest absolute Gasteiger partial charge is 0.497 e. The number of carbonyl (C=O) groups excluding carboxylic acids is 1. The van der Waals surface area contributed by atoms with Crippen LogP contribution < -0.4 is 15.6 Å². The predicted octanol–water partition coefficient (Wildman–Crippen LogP) is 4.79. The lowest BCUT2D eigenvalue weighted by molar-refractivity contribution is -0.122. The van der Waals surface area contributed by atoms with Gasteiger partial charge in [0.1, 0.15) is 22.9 Å². The Morgan fingerprint density at radius 1 is 1.15 bits per heavy atom. The number of fused-ring (bicyclic) bond motifs is 1. The number of thiophene rings is 1. The van der Waals surface area contributed by atoms with Crippen LogP contribution in [0.5, 0.6) is 5.75 Å². The van der Waals surface area contributed by atoms with Crippen molar-refractivity contribution in [3.63, 3.8) is 0 Å². The Morgan fingerprint density at radius 3 is 2.48 bits per heavy atom. The Hall–Kier alpha value is -3.52. The third-order valence-electron chi connectivity index (χ3n) is 5.49. The minimum absolute atomic E-state index is 0.140. The maximum absolute atomic E-state index is 13.3. The number of nitrogens with one attached hydrogen (secondary N) is 1. The van der Waals surface area contributed by atoms with Gasteiger partial charge < -0.3 is 10.1 Å². The first kappa shape index (κ1) is 22.7. The van der Waals surface area contributed by atoms with Crippen molar-refractivity contribution in [2.45, 2.75) is 26.4 Å². The molecule has 170 valence electrons. The number of nitrogens with zero attached hydrogens (tertiary/aromatic N) is 2. The zero-order valence-corrected chi connectivity index (χ0v) is 19.4. The normalized spacial score (nSPS) is 12.2. The summed E-state index contributed by atoms with van der Waals surface area (Å²) in [6.07, 6.45) is 1.40. The summed E-state index contributed by atoms with van der Waals surface area (Å²) in [5.74, 6) is 0.251. The fourth-order valence-corrected chi connectivity index (χ4v) is 4.65. The van der Waals surface area contributed by atoms with Crippen molar-refractivity contribution in [2.75, 3.05) is 7.11 Å². The molecule has 0 spiro atoms. The van der Waals surface area contributed by atoms with E-state index in [4.69, 9.17) is 4.74 Å². The van der Waals surface area contributed by atoms with Crippen molar-refractivity contribution in [3.8, 4) is 16.9 Å². The lowest BCUT2D eigenvalue weighted by atomic mass is 9.96. The summed E-state index contributed by atoms with van der Waals surface area (Å²) in [5, 5.41) is 5.29. The summed E-state index contributed by atoms with van der Waals surface area (Å²) in [6.45, 7) is 3.89. The second kappa shape index (κ2) is 9.54. The minimum Gasteiger partial charge on any atom is -0.497 e. The van der Waals surface area contributed by atoms with Crippen LogP contribution in [0.25, 0.3) is 21.3 Å². The van der Waals surface area contributed by atoms with Gasteiger partial charge in [-0.3, -0.25) is 14.2 Å². The van der Waals surface area contributed by atoms with E-state index in [2.05, 4.69) is 10.3 Å². The molecule has 0 aliphatic rings. The summed E-state index contributed by atoms with van der Waals surface area (Å²) in [6, 6.07) is 13.3. The molecule has 4 rings (SSSR count). The first-order valence-electron chi connectivity index (χ1n) is 10.5. The topological polar surface area (TPSA) is 73.2 Å². The number of hydrogen-bond donors (Lipinski definition) is 1. The fourth-order valence-electron chi connectivity index (χ4n) is 3.74. The lowest BCUT2D eigenvalue weighted by Gasteiger charge is -2.23. The molecule has 6 nitrogen and oxygen atoms in total. The summed E-state index contributed by atoms with van der Waals surface area (Å²) in [7, 11) is 1.61. The number of methoxy groups -OCH3 is 1. The average molecular weight is 466 g/mol. The highest BCUT2D eigenvalue weighted by Crippen LogP contribution is 2.30. The number of carbonyl (C=O) groups is 1. The van der Waals surface area contributed by atoms with Crippen LogP contribution in [0.4, 0.5) is 4.39 Å². The van der Waals surface area contributed by atoms with Gasteiger partial charge in [0.05, 0.1) is 24.9 Å². The molecule has 0 saturated heterocycles. The Balaban J connectivity index is 1.59. The number of amides is 1. The van der Waals surface area contributed by atoms with Crippen molar-refractivity contribution < 1.29 is 13.9 Å². The molecule has 2 heterocycles. The van der Waals surface area contributed by atoms with Gasteiger partial charge in [0.15, 0.2) is 0 Å². The molecule has 2 aromatic heterocycles.